The van der Waals surface area contributed by atoms with Crippen molar-refractivity contribution in [3.05, 3.63) is 24.3 Å². The molecular formula is C13H21NO. The molecule has 0 aromatic heterocycles. The lowest BCUT2D eigenvalue weighted by Crippen LogP contribution is -2.47. The minimum absolute atomic E-state index is 0.113. The lowest BCUT2D eigenvalue weighted by Gasteiger charge is -2.36. The number of nitrogens with one attached hydrogen (secondary N) is 1. The molecule has 84 valence electrons. The van der Waals surface area contributed by atoms with Crippen molar-refractivity contribution in [1.82, 2.24) is 5.32 Å². The van der Waals surface area contributed by atoms with Crippen LogP contribution >= 0.6 is 0 Å². The summed E-state index contributed by atoms with van der Waals surface area (Å²) < 4.78 is 0. The second-order valence-corrected chi connectivity index (χ2v) is 5.11. The van der Waals surface area contributed by atoms with E-state index in [1.165, 1.54) is 0 Å². The van der Waals surface area contributed by atoms with Gasteiger partial charge >= 0.3 is 0 Å². The Morgan fingerprint density at radius 1 is 1.40 bits per heavy atom. The molecule has 0 fully saturated rings. The monoisotopic (exact) mass is 207 g/mol. The molecule has 3 atom stereocenters. The molecular weight excluding hydrogens is 186 g/mol. The van der Waals surface area contributed by atoms with E-state index in [4.69, 9.17) is 0 Å². The van der Waals surface area contributed by atoms with Crippen LogP contribution in [-0.2, 0) is 0 Å². The lowest BCUT2D eigenvalue weighted by atomic mass is 9.77. The molecule has 1 heterocycles. The van der Waals surface area contributed by atoms with Gasteiger partial charge in [-0.05, 0) is 24.7 Å². The zero-order chi connectivity index (χ0) is 10.9. The summed E-state index contributed by atoms with van der Waals surface area (Å²) in [5, 5.41) is 13.8. The summed E-state index contributed by atoms with van der Waals surface area (Å²) in [5.41, 5.74) is -0.654. The molecule has 0 saturated heterocycles. The van der Waals surface area contributed by atoms with Crippen LogP contribution in [0.3, 0.4) is 0 Å². The van der Waals surface area contributed by atoms with Crippen molar-refractivity contribution in [2.45, 2.75) is 38.3 Å². The number of aliphatic hydroxyl groups is 1. The maximum atomic E-state index is 10.5. The summed E-state index contributed by atoms with van der Waals surface area (Å²) in [5.74, 6) is 1.31. The van der Waals surface area contributed by atoms with Crippen LogP contribution < -0.4 is 5.32 Å². The highest BCUT2D eigenvalue weighted by molar-refractivity contribution is 5.20. The average molecular weight is 207 g/mol. The molecule has 15 heavy (non-hydrogen) atoms. The van der Waals surface area contributed by atoms with Crippen molar-refractivity contribution < 1.29 is 5.11 Å². The van der Waals surface area contributed by atoms with Gasteiger partial charge in [0.05, 0.1) is 6.04 Å². The molecule has 0 saturated carbocycles. The SMILES string of the molecule is CC(C)C1C=CC(O)(C2C=CCN2)CC1. The first-order valence-corrected chi connectivity index (χ1v) is 5.93. The summed E-state index contributed by atoms with van der Waals surface area (Å²) in [6.07, 6.45) is 10.3. The quantitative estimate of drug-likeness (QED) is 0.677. The van der Waals surface area contributed by atoms with Crippen LogP contribution in [0.25, 0.3) is 0 Å². The second kappa shape index (κ2) is 4.11. The normalized spacial score (nSPS) is 40.3. The fourth-order valence-corrected chi connectivity index (χ4v) is 2.49. The van der Waals surface area contributed by atoms with Crippen LogP contribution in [0.1, 0.15) is 26.7 Å². The largest absolute Gasteiger partial charge is 0.384 e. The summed E-state index contributed by atoms with van der Waals surface area (Å²) in [6.45, 7) is 5.37. The molecule has 1 aliphatic carbocycles. The van der Waals surface area contributed by atoms with E-state index in [2.05, 4.69) is 37.4 Å². The Labute approximate surface area is 92.1 Å². The van der Waals surface area contributed by atoms with Gasteiger partial charge in [0, 0.05) is 6.54 Å². The van der Waals surface area contributed by atoms with Crippen LogP contribution in [0, 0.1) is 11.8 Å². The third kappa shape index (κ3) is 2.16. The highest BCUT2D eigenvalue weighted by Gasteiger charge is 2.36. The molecule has 0 aromatic carbocycles. The Balaban J connectivity index is 2.06. The van der Waals surface area contributed by atoms with Crippen molar-refractivity contribution in [2.24, 2.45) is 11.8 Å². The molecule has 0 spiro atoms. The van der Waals surface area contributed by atoms with Gasteiger partial charge in [-0.1, -0.05) is 38.2 Å². The first-order chi connectivity index (χ1) is 7.12. The fourth-order valence-electron chi connectivity index (χ4n) is 2.49. The Morgan fingerprint density at radius 2 is 2.20 bits per heavy atom. The van der Waals surface area contributed by atoms with E-state index in [9.17, 15) is 5.11 Å². The number of rotatable bonds is 2. The Morgan fingerprint density at radius 3 is 2.67 bits per heavy atom. The Bertz CT molecular complexity index is 282. The number of allylic oxidation sites excluding steroid dienone is 1. The van der Waals surface area contributed by atoms with E-state index in [-0.39, 0.29) is 6.04 Å². The third-order valence-electron chi connectivity index (χ3n) is 3.69. The van der Waals surface area contributed by atoms with Crippen molar-refractivity contribution in [3.63, 3.8) is 0 Å². The zero-order valence-electron chi connectivity index (χ0n) is 9.61. The molecule has 0 bridgehead atoms. The molecule has 0 aromatic rings. The maximum absolute atomic E-state index is 10.5. The molecule has 2 rings (SSSR count). The summed E-state index contributed by atoms with van der Waals surface area (Å²) >= 11 is 0. The van der Waals surface area contributed by atoms with E-state index < -0.39 is 5.60 Å². The highest BCUT2D eigenvalue weighted by Crippen LogP contribution is 2.33. The highest BCUT2D eigenvalue weighted by atomic mass is 16.3. The molecule has 2 N–H and O–H groups in total. The Hall–Kier alpha value is -0.600. The van der Waals surface area contributed by atoms with Gasteiger partial charge in [0.25, 0.3) is 0 Å². The average Bonchev–Trinajstić information content (AvgIpc) is 2.71. The van der Waals surface area contributed by atoms with E-state index in [1.54, 1.807) is 0 Å². The molecule has 2 nitrogen and oxygen atoms in total. The van der Waals surface area contributed by atoms with Gasteiger partial charge in [-0.3, -0.25) is 0 Å². The van der Waals surface area contributed by atoms with E-state index >= 15 is 0 Å². The molecule has 2 aliphatic rings. The van der Waals surface area contributed by atoms with Gasteiger partial charge in [0.1, 0.15) is 5.60 Å². The van der Waals surface area contributed by atoms with Crippen LogP contribution in [0.15, 0.2) is 24.3 Å². The summed E-state index contributed by atoms with van der Waals surface area (Å²) in [7, 11) is 0. The predicted molar refractivity (Wildman–Crippen MR) is 62.6 cm³/mol. The minimum atomic E-state index is -0.654. The first-order valence-electron chi connectivity index (χ1n) is 5.93. The van der Waals surface area contributed by atoms with Crippen LogP contribution in [-0.4, -0.2) is 23.3 Å². The van der Waals surface area contributed by atoms with Gasteiger partial charge in [-0.15, -0.1) is 0 Å². The van der Waals surface area contributed by atoms with Crippen LogP contribution in [0.4, 0.5) is 0 Å². The predicted octanol–water partition coefficient (Wildman–Crippen LogP) is 1.87. The topological polar surface area (TPSA) is 32.3 Å². The second-order valence-electron chi connectivity index (χ2n) is 5.11. The summed E-state index contributed by atoms with van der Waals surface area (Å²) in [4.78, 5) is 0. The molecule has 3 unspecified atom stereocenters. The van der Waals surface area contributed by atoms with Crippen molar-refractivity contribution in [2.75, 3.05) is 6.54 Å². The lowest BCUT2D eigenvalue weighted by molar-refractivity contribution is 0.0453. The van der Waals surface area contributed by atoms with Gasteiger partial charge in [-0.25, -0.2) is 0 Å². The van der Waals surface area contributed by atoms with Gasteiger partial charge < -0.3 is 10.4 Å². The maximum Gasteiger partial charge on any atom is 0.102 e. The standard InChI is InChI=1S/C13H21NO/c1-10(2)11-5-7-13(15,8-6-11)12-4-3-9-14-12/h3-5,7,10-12,14-15H,6,8-9H2,1-2H3. The zero-order valence-corrected chi connectivity index (χ0v) is 9.61. The molecule has 1 aliphatic heterocycles. The van der Waals surface area contributed by atoms with Crippen LogP contribution in [0.5, 0.6) is 0 Å². The molecule has 2 heteroatoms. The van der Waals surface area contributed by atoms with Gasteiger partial charge in [0.2, 0.25) is 0 Å². The van der Waals surface area contributed by atoms with Crippen molar-refractivity contribution in [1.29, 1.82) is 0 Å². The smallest absolute Gasteiger partial charge is 0.102 e. The third-order valence-corrected chi connectivity index (χ3v) is 3.69. The van der Waals surface area contributed by atoms with E-state index in [1.807, 2.05) is 6.08 Å². The van der Waals surface area contributed by atoms with Crippen molar-refractivity contribution in [3.8, 4) is 0 Å². The van der Waals surface area contributed by atoms with E-state index in [0.717, 1.165) is 19.4 Å². The minimum Gasteiger partial charge on any atom is -0.384 e. The van der Waals surface area contributed by atoms with Gasteiger partial charge in [0.15, 0.2) is 0 Å². The first kappa shape index (κ1) is 10.9. The van der Waals surface area contributed by atoms with Crippen LogP contribution in [0.2, 0.25) is 0 Å². The summed E-state index contributed by atoms with van der Waals surface area (Å²) in [6, 6.07) is 0.113. The van der Waals surface area contributed by atoms with E-state index in [0.29, 0.717) is 11.8 Å². The van der Waals surface area contributed by atoms with Crippen molar-refractivity contribution >= 4 is 0 Å². The van der Waals surface area contributed by atoms with Gasteiger partial charge in [-0.2, -0.15) is 0 Å². The fraction of sp³-hybridized carbons (Fsp3) is 0.692. The number of hydrogen-bond donors (Lipinski definition) is 2. The Kier molecular flexibility index (Phi) is 2.98. The number of hydrogen-bond acceptors (Lipinski definition) is 2. The molecule has 0 radical (unpaired) electrons. The molecule has 0 amide bonds.